The summed E-state index contributed by atoms with van der Waals surface area (Å²) < 4.78 is 0. The van der Waals surface area contributed by atoms with E-state index >= 15 is 0 Å². The second kappa shape index (κ2) is 6.18. The molecule has 1 aromatic rings. The van der Waals surface area contributed by atoms with Crippen molar-refractivity contribution >= 4 is 0 Å². The van der Waals surface area contributed by atoms with Crippen LogP contribution in [0.5, 0.6) is 0 Å². The van der Waals surface area contributed by atoms with Crippen LogP contribution in [0.15, 0.2) is 30.3 Å². The van der Waals surface area contributed by atoms with Crippen LogP contribution < -0.4 is 5.32 Å². The highest BCUT2D eigenvalue weighted by Gasteiger charge is 2.25. The molecule has 0 heterocycles. The molecular weight excluding hydrogens is 208 g/mol. The van der Waals surface area contributed by atoms with Gasteiger partial charge in [-0.3, -0.25) is 0 Å². The van der Waals surface area contributed by atoms with Gasteiger partial charge in [-0.25, -0.2) is 0 Å². The van der Waals surface area contributed by atoms with Crippen LogP contribution in [0.2, 0.25) is 0 Å². The molecule has 1 aliphatic carbocycles. The molecule has 2 heteroatoms. The van der Waals surface area contributed by atoms with E-state index in [9.17, 15) is 0 Å². The van der Waals surface area contributed by atoms with Crippen molar-refractivity contribution in [1.82, 2.24) is 10.2 Å². The highest BCUT2D eigenvalue weighted by atomic mass is 15.1. The molecule has 1 aromatic carbocycles. The van der Waals surface area contributed by atoms with Crippen molar-refractivity contribution in [3.05, 3.63) is 35.9 Å². The Kier molecular flexibility index (Phi) is 4.57. The van der Waals surface area contributed by atoms with Crippen LogP contribution in [-0.4, -0.2) is 31.1 Å². The molecule has 1 aliphatic rings. The van der Waals surface area contributed by atoms with Gasteiger partial charge in [-0.2, -0.15) is 0 Å². The minimum Gasteiger partial charge on any atom is -0.308 e. The van der Waals surface area contributed by atoms with E-state index in [2.05, 4.69) is 54.6 Å². The van der Waals surface area contributed by atoms with Crippen molar-refractivity contribution in [1.29, 1.82) is 0 Å². The Balaban J connectivity index is 1.88. The third-order valence-electron chi connectivity index (χ3n) is 3.80. The summed E-state index contributed by atoms with van der Waals surface area (Å²) in [6.07, 6.45) is 5.40. The van der Waals surface area contributed by atoms with E-state index in [0.29, 0.717) is 12.1 Å². The van der Waals surface area contributed by atoms with Gasteiger partial charge in [0.15, 0.2) is 0 Å². The molecule has 1 N–H and O–H groups in total. The Hall–Kier alpha value is -0.860. The number of benzene rings is 1. The molecular formula is C15H24N2. The zero-order chi connectivity index (χ0) is 12.1. The first-order valence-corrected chi connectivity index (χ1v) is 6.71. The maximum absolute atomic E-state index is 3.73. The molecule has 0 bridgehead atoms. The Morgan fingerprint density at radius 3 is 2.53 bits per heavy atom. The highest BCUT2D eigenvalue weighted by Crippen LogP contribution is 2.22. The number of hydrogen-bond acceptors (Lipinski definition) is 2. The van der Waals surface area contributed by atoms with Gasteiger partial charge in [0.1, 0.15) is 0 Å². The van der Waals surface area contributed by atoms with Crippen LogP contribution >= 0.6 is 0 Å². The van der Waals surface area contributed by atoms with Crippen LogP contribution in [0.3, 0.4) is 0 Å². The normalized spacial score (nSPS) is 25.1. The van der Waals surface area contributed by atoms with Gasteiger partial charge in [0.05, 0.1) is 0 Å². The summed E-state index contributed by atoms with van der Waals surface area (Å²) in [5.74, 6) is 0. The van der Waals surface area contributed by atoms with Crippen molar-refractivity contribution < 1.29 is 0 Å². The first-order chi connectivity index (χ1) is 8.27. The minimum atomic E-state index is 0.652. The van der Waals surface area contributed by atoms with Gasteiger partial charge in [-0.05, 0) is 32.5 Å². The molecule has 0 saturated heterocycles. The standard InChI is InChI=1S/C15H24N2/c1-17(2)15-11-7-6-10-14(15)16-12-13-8-4-3-5-9-13/h3-5,8-9,14-16H,6-7,10-12H2,1-2H3/t14-,15-/m1/s1. The zero-order valence-corrected chi connectivity index (χ0v) is 11.0. The molecule has 2 rings (SSSR count). The molecule has 1 saturated carbocycles. The minimum absolute atomic E-state index is 0.652. The zero-order valence-electron chi connectivity index (χ0n) is 11.0. The van der Waals surface area contributed by atoms with Crippen LogP contribution in [-0.2, 0) is 6.54 Å². The number of nitrogens with zero attached hydrogens (tertiary/aromatic N) is 1. The van der Waals surface area contributed by atoms with Crippen LogP contribution in [0.4, 0.5) is 0 Å². The van der Waals surface area contributed by atoms with E-state index in [4.69, 9.17) is 0 Å². The van der Waals surface area contributed by atoms with Crippen molar-refractivity contribution in [2.24, 2.45) is 0 Å². The van der Waals surface area contributed by atoms with Gasteiger partial charge >= 0.3 is 0 Å². The van der Waals surface area contributed by atoms with Gasteiger partial charge in [0, 0.05) is 18.6 Å². The third kappa shape index (κ3) is 3.55. The summed E-state index contributed by atoms with van der Waals surface area (Å²) in [7, 11) is 4.40. The van der Waals surface area contributed by atoms with Crippen molar-refractivity contribution in [2.75, 3.05) is 14.1 Å². The van der Waals surface area contributed by atoms with Gasteiger partial charge in [0.2, 0.25) is 0 Å². The van der Waals surface area contributed by atoms with Crippen molar-refractivity contribution in [3.8, 4) is 0 Å². The van der Waals surface area contributed by atoms with Crippen molar-refractivity contribution in [2.45, 2.75) is 44.3 Å². The second-order valence-corrected chi connectivity index (χ2v) is 5.29. The molecule has 0 aliphatic heterocycles. The fourth-order valence-corrected chi connectivity index (χ4v) is 2.81. The molecule has 0 aromatic heterocycles. The second-order valence-electron chi connectivity index (χ2n) is 5.29. The van der Waals surface area contributed by atoms with E-state index in [0.717, 1.165) is 6.54 Å². The van der Waals surface area contributed by atoms with E-state index in [1.54, 1.807) is 0 Å². The molecule has 2 nitrogen and oxygen atoms in total. The molecule has 17 heavy (non-hydrogen) atoms. The topological polar surface area (TPSA) is 15.3 Å². The summed E-state index contributed by atoms with van der Waals surface area (Å²) in [6, 6.07) is 12.0. The van der Waals surface area contributed by atoms with Gasteiger partial charge < -0.3 is 10.2 Å². The fraction of sp³-hybridized carbons (Fsp3) is 0.600. The summed E-state index contributed by atoms with van der Waals surface area (Å²) in [4.78, 5) is 2.38. The Morgan fingerprint density at radius 1 is 1.12 bits per heavy atom. The average molecular weight is 232 g/mol. The smallest absolute Gasteiger partial charge is 0.0243 e. The predicted molar refractivity (Wildman–Crippen MR) is 73.0 cm³/mol. The van der Waals surface area contributed by atoms with E-state index in [1.165, 1.54) is 31.2 Å². The van der Waals surface area contributed by atoms with E-state index in [1.807, 2.05) is 0 Å². The lowest BCUT2D eigenvalue weighted by Gasteiger charge is -2.36. The van der Waals surface area contributed by atoms with E-state index < -0.39 is 0 Å². The summed E-state index contributed by atoms with van der Waals surface area (Å²) in [6.45, 7) is 0.996. The highest BCUT2D eigenvalue weighted by molar-refractivity contribution is 5.14. The largest absolute Gasteiger partial charge is 0.308 e. The first kappa shape index (κ1) is 12.6. The maximum Gasteiger partial charge on any atom is 0.0243 e. The molecule has 0 spiro atoms. The lowest BCUT2D eigenvalue weighted by atomic mass is 9.89. The number of nitrogens with one attached hydrogen (secondary N) is 1. The van der Waals surface area contributed by atoms with Crippen LogP contribution in [0, 0.1) is 0 Å². The van der Waals surface area contributed by atoms with Crippen LogP contribution in [0.1, 0.15) is 31.2 Å². The quantitative estimate of drug-likeness (QED) is 0.858. The molecule has 0 amide bonds. The lowest BCUT2D eigenvalue weighted by Crippen LogP contribution is -2.48. The van der Waals surface area contributed by atoms with Crippen LogP contribution in [0.25, 0.3) is 0 Å². The number of rotatable bonds is 4. The van der Waals surface area contributed by atoms with Crippen molar-refractivity contribution in [3.63, 3.8) is 0 Å². The van der Waals surface area contributed by atoms with Gasteiger partial charge in [0.25, 0.3) is 0 Å². The molecule has 94 valence electrons. The summed E-state index contributed by atoms with van der Waals surface area (Å²) in [5.41, 5.74) is 1.38. The Morgan fingerprint density at radius 2 is 1.82 bits per heavy atom. The van der Waals surface area contributed by atoms with Gasteiger partial charge in [-0.1, -0.05) is 43.2 Å². The lowest BCUT2D eigenvalue weighted by molar-refractivity contribution is 0.176. The van der Waals surface area contributed by atoms with Gasteiger partial charge in [-0.15, -0.1) is 0 Å². The summed E-state index contributed by atoms with van der Waals surface area (Å²) in [5, 5.41) is 3.73. The Labute approximate surface area is 105 Å². The molecule has 0 radical (unpaired) electrons. The third-order valence-corrected chi connectivity index (χ3v) is 3.80. The van der Waals surface area contributed by atoms with E-state index in [-0.39, 0.29) is 0 Å². The Bertz CT molecular complexity index is 321. The SMILES string of the molecule is CN(C)[C@@H]1CCCC[C@H]1NCc1ccccc1. The summed E-state index contributed by atoms with van der Waals surface area (Å²) >= 11 is 0. The fourth-order valence-electron chi connectivity index (χ4n) is 2.81. The maximum atomic E-state index is 3.73. The average Bonchev–Trinajstić information content (AvgIpc) is 2.38. The molecule has 1 fully saturated rings. The monoisotopic (exact) mass is 232 g/mol. The molecule has 2 atom stereocenters. The number of hydrogen-bond donors (Lipinski definition) is 1. The number of likely N-dealkylation sites (N-methyl/N-ethyl adjacent to an activating group) is 1. The predicted octanol–water partition coefficient (Wildman–Crippen LogP) is 2.65. The first-order valence-electron chi connectivity index (χ1n) is 6.71. The molecule has 0 unspecified atom stereocenters.